The number of aromatic nitrogens is 1. The number of hydrogen-bond acceptors (Lipinski definition) is 2. The molecule has 1 aromatic carbocycles. The van der Waals surface area contributed by atoms with Gasteiger partial charge < -0.3 is 9.88 Å². The van der Waals surface area contributed by atoms with Gasteiger partial charge in [-0.15, -0.1) is 17.9 Å². The van der Waals surface area contributed by atoms with E-state index in [1.807, 2.05) is 41.4 Å². The molecule has 1 amide bonds. The van der Waals surface area contributed by atoms with Gasteiger partial charge in [0.2, 0.25) is 5.91 Å². The van der Waals surface area contributed by atoms with Gasteiger partial charge in [0.1, 0.15) is 0 Å². The molecule has 0 fully saturated rings. The molecule has 5 heteroatoms. The summed E-state index contributed by atoms with van der Waals surface area (Å²) in [7, 11) is 0. The van der Waals surface area contributed by atoms with Crippen molar-refractivity contribution in [3.05, 3.63) is 70.0 Å². The molecule has 3 aromatic rings. The van der Waals surface area contributed by atoms with E-state index in [1.165, 1.54) is 22.3 Å². The number of hydrogen-bond donors (Lipinski definition) is 1. The number of aryl methyl sites for hydroxylation is 1. The number of fused-ring (bicyclic) bond motifs is 1. The average Bonchev–Trinajstić information content (AvgIpc) is 3.18. The molecular formula is C19H19ClN2OS. The third kappa shape index (κ3) is 3.89. The molecule has 1 N–H and O–H groups in total. The highest BCUT2D eigenvalue weighted by Crippen LogP contribution is 2.23. The third-order valence-electron chi connectivity index (χ3n) is 3.96. The second-order valence-electron chi connectivity index (χ2n) is 5.63. The van der Waals surface area contributed by atoms with Crippen LogP contribution in [0.25, 0.3) is 10.9 Å². The SMILES string of the molecule is C=CCN(Cc1ccc(Cl)s1)C(=O)CCc1c[nH]c2ccccc12. The van der Waals surface area contributed by atoms with Crippen LogP contribution in [0.3, 0.4) is 0 Å². The lowest BCUT2D eigenvalue weighted by atomic mass is 10.1. The summed E-state index contributed by atoms with van der Waals surface area (Å²) in [5.41, 5.74) is 2.28. The van der Waals surface area contributed by atoms with Crippen molar-refractivity contribution >= 4 is 39.7 Å². The van der Waals surface area contributed by atoms with Gasteiger partial charge in [0.05, 0.1) is 10.9 Å². The Hall–Kier alpha value is -2.04. The van der Waals surface area contributed by atoms with Crippen molar-refractivity contribution in [3.63, 3.8) is 0 Å². The standard InChI is InChI=1S/C19H19ClN2OS/c1-2-11-22(13-15-8-9-18(20)24-15)19(23)10-7-14-12-21-17-6-4-3-5-16(14)17/h2-6,8-9,12,21H,1,7,10-11,13H2. The third-order valence-corrected chi connectivity index (χ3v) is 5.18. The average molecular weight is 359 g/mol. The van der Waals surface area contributed by atoms with E-state index >= 15 is 0 Å². The molecule has 0 unspecified atom stereocenters. The van der Waals surface area contributed by atoms with Crippen LogP contribution in [0.5, 0.6) is 0 Å². The number of H-pyrrole nitrogens is 1. The first kappa shape index (κ1) is 16.8. The van der Waals surface area contributed by atoms with E-state index in [2.05, 4.69) is 17.6 Å². The van der Waals surface area contributed by atoms with Gasteiger partial charge in [0, 0.05) is 34.9 Å². The number of nitrogens with one attached hydrogen (secondary N) is 1. The first-order valence-corrected chi connectivity index (χ1v) is 9.04. The molecule has 0 bridgehead atoms. The minimum Gasteiger partial charge on any atom is -0.361 e. The van der Waals surface area contributed by atoms with Gasteiger partial charge in [0.25, 0.3) is 0 Å². The van der Waals surface area contributed by atoms with Crippen LogP contribution in [0, 0.1) is 0 Å². The maximum absolute atomic E-state index is 12.6. The van der Waals surface area contributed by atoms with Gasteiger partial charge >= 0.3 is 0 Å². The molecule has 0 atom stereocenters. The summed E-state index contributed by atoms with van der Waals surface area (Å²) < 4.78 is 0.745. The summed E-state index contributed by atoms with van der Waals surface area (Å²) in [4.78, 5) is 18.8. The van der Waals surface area contributed by atoms with E-state index in [4.69, 9.17) is 11.6 Å². The Labute approximate surface area is 150 Å². The van der Waals surface area contributed by atoms with Gasteiger partial charge in [-0.05, 0) is 30.2 Å². The number of carbonyl (C=O) groups is 1. The maximum atomic E-state index is 12.6. The van der Waals surface area contributed by atoms with E-state index in [0.29, 0.717) is 19.5 Å². The van der Waals surface area contributed by atoms with Crippen LogP contribution < -0.4 is 0 Å². The van der Waals surface area contributed by atoms with E-state index in [9.17, 15) is 4.79 Å². The molecule has 2 aromatic heterocycles. The number of nitrogens with zero attached hydrogens (tertiary/aromatic N) is 1. The molecule has 0 aliphatic heterocycles. The molecule has 3 nitrogen and oxygen atoms in total. The molecular weight excluding hydrogens is 340 g/mol. The number of rotatable bonds is 7. The fourth-order valence-electron chi connectivity index (χ4n) is 2.77. The highest BCUT2D eigenvalue weighted by Gasteiger charge is 2.15. The predicted octanol–water partition coefficient (Wildman–Crippen LogP) is 5.03. The zero-order chi connectivity index (χ0) is 16.9. The Bertz CT molecular complexity index is 852. The molecule has 124 valence electrons. The summed E-state index contributed by atoms with van der Waals surface area (Å²) in [6.07, 6.45) is 4.96. The van der Waals surface area contributed by atoms with Crippen molar-refractivity contribution in [2.75, 3.05) is 6.54 Å². The Balaban J connectivity index is 1.65. The molecule has 3 rings (SSSR count). The summed E-state index contributed by atoms with van der Waals surface area (Å²) in [5.74, 6) is 0.129. The number of carbonyl (C=O) groups excluding carboxylic acids is 1. The number of amides is 1. The highest BCUT2D eigenvalue weighted by molar-refractivity contribution is 7.16. The number of thiophene rings is 1. The molecule has 0 saturated carbocycles. The first-order valence-electron chi connectivity index (χ1n) is 7.85. The van der Waals surface area contributed by atoms with Crippen molar-refractivity contribution in [3.8, 4) is 0 Å². The lowest BCUT2D eigenvalue weighted by molar-refractivity contribution is -0.131. The van der Waals surface area contributed by atoms with E-state index in [0.717, 1.165) is 21.2 Å². The van der Waals surface area contributed by atoms with Gasteiger partial charge in [0.15, 0.2) is 0 Å². The minimum atomic E-state index is 0.129. The minimum absolute atomic E-state index is 0.129. The Kier molecular flexibility index (Phi) is 5.38. The van der Waals surface area contributed by atoms with Crippen LogP contribution in [-0.4, -0.2) is 22.3 Å². The zero-order valence-corrected chi connectivity index (χ0v) is 14.9. The number of para-hydroxylation sites is 1. The van der Waals surface area contributed by atoms with Gasteiger partial charge in [-0.2, -0.15) is 0 Å². The van der Waals surface area contributed by atoms with Gasteiger partial charge in [-0.25, -0.2) is 0 Å². The van der Waals surface area contributed by atoms with E-state index in [1.54, 1.807) is 6.08 Å². The molecule has 24 heavy (non-hydrogen) atoms. The van der Waals surface area contributed by atoms with Crippen LogP contribution in [0.15, 0.2) is 55.3 Å². The summed E-state index contributed by atoms with van der Waals surface area (Å²) >= 11 is 7.49. The van der Waals surface area contributed by atoms with Crippen molar-refractivity contribution in [1.82, 2.24) is 9.88 Å². The van der Waals surface area contributed by atoms with Crippen molar-refractivity contribution < 1.29 is 4.79 Å². The van der Waals surface area contributed by atoms with Crippen molar-refractivity contribution in [2.45, 2.75) is 19.4 Å². The topological polar surface area (TPSA) is 36.1 Å². The van der Waals surface area contributed by atoms with Crippen LogP contribution in [0.1, 0.15) is 16.9 Å². The number of halogens is 1. The molecule has 0 aliphatic rings. The Morgan fingerprint density at radius 1 is 1.29 bits per heavy atom. The van der Waals surface area contributed by atoms with Gasteiger partial charge in [-0.1, -0.05) is 35.9 Å². The maximum Gasteiger partial charge on any atom is 0.223 e. The smallest absolute Gasteiger partial charge is 0.223 e. The lowest BCUT2D eigenvalue weighted by Crippen LogP contribution is -2.30. The number of aromatic amines is 1. The zero-order valence-electron chi connectivity index (χ0n) is 13.3. The summed E-state index contributed by atoms with van der Waals surface area (Å²) in [6.45, 7) is 4.88. The van der Waals surface area contributed by atoms with Gasteiger partial charge in [-0.3, -0.25) is 4.79 Å². The Morgan fingerprint density at radius 2 is 2.12 bits per heavy atom. The van der Waals surface area contributed by atoms with Crippen LogP contribution in [0.4, 0.5) is 0 Å². The molecule has 0 aliphatic carbocycles. The monoisotopic (exact) mass is 358 g/mol. The summed E-state index contributed by atoms with van der Waals surface area (Å²) in [5, 5.41) is 1.19. The van der Waals surface area contributed by atoms with Crippen molar-refractivity contribution in [1.29, 1.82) is 0 Å². The second-order valence-corrected chi connectivity index (χ2v) is 7.43. The van der Waals surface area contributed by atoms with Crippen molar-refractivity contribution in [2.24, 2.45) is 0 Å². The molecule has 0 spiro atoms. The molecule has 0 saturated heterocycles. The predicted molar refractivity (Wildman–Crippen MR) is 102 cm³/mol. The quantitative estimate of drug-likeness (QED) is 0.591. The number of benzene rings is 1. The van der Waals surface area contributed by atoms with E-state index in [-0.39, 0.29) is 5.91 Å². The fraction of sp³-hybridized carbons (Fsp3) is 0.211. The van der Waals surface area contributed by atoms with E-state index < -0.39 is 0 Å². The van der Waals surface area contributed by atoms with Crippen LogP contribution >= 0.6 is 22.9 Å². The molecule has 2 heterocycles. The Morgan fingerprint density at radius 3 is 2.88 bits per heavy atom. The largest absolute Gasteiger partial charge is 0.361 e. The fourth-order valence-corrected chi connectivity index (χ4v) is 3.88. The second kappa shape index (κ2) is 7.69. The summed E-state index contributed by atoms with van der Waals surface area (Å²) in [6, 6.07) is 12.0. The van der Waals surface area contributed by atoms with Crippen LogP contribution in [-0.2, 0) is 17.8 Å². The van der Waals surface area contributed by atoms with Crippen LogP contribution in [0.2, 0.25) is 4.34 Å². The normalized spacial score (nSPS) is 10.9. The molecule has 0 radical (unpaired) electrons. The first-order chi connectivity index (χ1) is 11.7. The highest BCUT2D eigenvalue weighted by atomic mass is 35.5. The lowest BCUT2D eigenvalue weighted by Gasteiger charge is -2.20.